The Morgan fingerprint density at radius 2 is 2.00 bits per heavy atom. The van der Waals surface area contributed by atoms with Crippen LogP contribution in [0.4, 0.5) is 0 Å². The molecule has 1 aromatic carbocycles. The maximum Gasteiger partial charge on any atom is 0.104 e. The lowest BCUT2D eigenvalue weighted by Gasteiger charge is -2.26. The molecule has 2 rings (SSSR count). The van der Waals surface area contributed by atoms with E-state index in [1.54, 1.807) is 0 Å². The van der Waals surface area contributed by atoms with E-state index in [9.17, 15) is 0 Å². The van der Waals surface area contributed by atoms with Crippen molar-refractivity contribution in [2.45, 2.75) is 13.0 Å². The molecule has 0 aromatic heterocycles. The minimum Gasteiger partial charge on any atom is -0.384 e. The highest BCUT2D eigenvalue weighted by molar-refractivity contribution is 5.29. The van der Waals surface area contributed by atoms with Crippen molar-refractivity contribution < 1.29 is 5.11 Å². The summed E-state index contributed by atoms with van der Waals surface area (Å²) in [5.41, 5.74) is 2.87. The molecule has 2 nitrogen and oxygen atoms in total. The lowest BCUT2D eigenvalue weighted by Crippen LogP contribution is -2.30. The Morgan fingerprint density at radius 1 is 1.20 bits per heavy atom. The highest BCUT2D eigenvalue weighted by Crippen LogP contribution is 2.17. The number of hydrogen-bond acceptors (Lipinski definition) is 2. The third kappa shape index (κ3) is 2.59. The molecule has 0 saturated heterocycles. The predicted molar refractivity (Wildman–Crippen MR) is 60.3 cm³/mol. The molecule has 0 bridgehead atoms. The molecule has 0 saturated carbocycles. The maximum absolute atomic E-state index is 8.56. The van der Waals surface area contributed by atoms with Crippen molar-refractivity contribution in [2.24, 2.45) is 0 Å². The Balaban J connectivity index is 1.99. The Kier molecular flexibility index (Phi) is 3.39. The van der Waals surface area contributed by atoms with Crippen LogP contribution < -0.4 is 0 Å². The van der Waals surface area contributed by atoms with E-state index in [0.29, 0.717) is 0 Å². The van der Waals surface area contributed by atoms with Gasteiger partial charge in [-0.1, -0.05) is 36.1 Å². The smallest absolute Gasteiger partial charge is 0.104 e. The largest absolute Gasteiger partial charge is 0.384 e. The van der Waals surface area contributed by atoms with E-state index in [-0.39, 0.29) is 6.61 Å². The number of nitrogens with zero attached hydrogens (tertiary/aromatic N) is 1. The molecule has 0 amide bonds. The van der Waals surface area contributed by atoms with Crippen molar-refractivity contribution in [2.75, 3.05) is 19.7 Å². The fourth-order valence-electron chi connectivity index (χ4n) is 1.91. The van der Waals surface area contributed by atoms with Crippen LogP contribution in [-0.4, -0.2) is 29.7 Å². The fourth-order valence-corrected chi connectivity index (χ4v) is 1.91. The lowest BCUT2D eigenvalue weighted by atomic mass is 10.0. The first-order valence-corrected chi connectivity index (χ1v) is 5.26. The zero-order valence-corrected chi connectivity index (χ0v) is 8.74. The molecule has 0 fully saturated rings. The molecule has 2 heteroatoms. The summed E-state index contributed by atoms with van der Waals surface area (Å²) >= 11 is 0. The maximum atomic E-state index is 8.56. The molecule has 1 N–H and O–H groups in total. The van der Waals surface area contributed by atoms with Crippen LogP contribution in [0.25, 0.3) is 0 Å². The highest BCUT2D eigenvalue weighted by Gasteiger charge is 2.13. The average Bonchev–Trinajstić information content (AvgIpc) is 2.29. The summed E-state index contributed by atoms with van der Waals surface area (Å²) in [6.45, 7) is 2.77. The van der Waals surface area contributed by atoms with Crippen molar-refractivity contribution in [3.63, 3.8) is 0 Å². The van der Waals surface area contributed by atoms with Crippen LogP contribution in [0.2, 0.25) is 0 Å². The van der Waals surface area contributed by atoms with E-state index in [1.807, 2.05) is 0 Å². The van der Waals surface area contributed by atoms with Gasteiger partial charge in [0.15, 0.2) is 0 Å². The van der Waals surface area contributed by atoms with Gasteiger partial charge in [0, 0.05) is 13.1 Å². The van der Waals surface area contributed by atoms with Crippen molar-refractivity contribution >= 4 is 0 Å². The highest BCUT2D eigenvalue weighted by atomic mass is 16.2. The molecule has 15 heavy (non-hydrogen) atoms. The Bertz CT molecular complexity index is 389. The summed E-state index contributed by atoms with van der Waals surface area (Å²) < 4.78 is 0. The van der Waals surface area contributed by atoms with E-state index in [1.165, 1.54) is 11.1 Å². The molecule has 0 radical (unpaired) electrons. The summed E-state index contributed by atoms with van der Waals surface area (Å²) in [5.74, 6) is 5.64. The van der Waals surface area contributed by atoms with Gasteiger partial charge in [-0.2, -0.15) is 0 Å². The van der Waals surface area contributed by atoms with Crippen LogP contribution >= 0.6 is 0 Å². The second-order valence-corrected chi connectivity index (χ2v) is 3.74. The first kappa shape index (κ1) is 10.2. The Hall–Kier alpha value is -1.30. The zero-order chi connectivity index (χ0) is 10.5. The molecule has 0 spiro atoms. The number of benzene rings is 1. The van der Waals surface area contributed by atoms with Gasteiger partial charge in [0.05, 0.1) is 6.54 Å². The molecule has 1 aliphatic rings. The molecule has 0 unspecified atom stereocenters. The van der Waals surface area contributed by atoms with E-state index in [0.717, 1.165) is 26.1 Å². The van der Waals surface area contributed by atoms with Crippen molar-refractivity contribution in [1.29, 1.82) is 0 Å². The third-order valence-electron chi connectivity index (χ3n) is 2.72. The minimum atomic E-state index is -0.0373. The second-order valence-electron chi connectivity index (χ2n) is 3.74. The van der Waals surface area contributed by atoms with Gasteiger partial charge >= 0.3 is 0 Å². The number of aliphatic hydroxyl groups is 1. The minimum absolute atomic E-state index is 0.0373. The van der Waals surface area contributed by atoms with Gasteiger partial charge in [-0.15, -0.1) is 0 Å². The topological polar surface area (TPSA) is 23.5 Å². The predicted octanol–water partition coefficient (Wildman–Crippen LogP) is 1.04. The summed E-state index contributed by atoms with van der Waals surface area (Å²) in [7, 11) is 0. The monoisotopic (exact) mass is 201 g/mol. The summed E-state index contributed by atoms with van der Waals surface area (Å²) in [4.78, 5) is 2.31. The van der Waals surface area contributed by atoms with Gasteiger partial charge in [0.25, 0.3) is 0 Å². The molecule has 1 aromatic rings. The average molecular weight is 201 g/mol. The van der Waals surface area contributed by atoms with Crippen LogP contribution in [0, 0.1) is 11.8 Å². The standard InChI is InChI=1S/C13H15NO/c15-10-4-3-8-14-9-7-12-5-1-2-6-13(12)11-14/h1-2,5-6,15H,7-11H2. The third-order valence-corrected chi connectivity index (χ3v) is 2.72. The van der Waals surface area contributed by atoms with Crippen molar-refractivity contribution in [3.8, 4) is 11.8 Å². The van der Waals surface area contributed by atoms with Crippen molar-refractivity contribution in [1.82, 2.24) is 4.90 Å². The fraction of sp³-hybridized carbons (Fsp3) is 0.385. The van der Waals surface area contributed by atoms with Crippen molar-refractivity contribution in [3.05, 3.63) is 35.4 Å². The molecular formula is C13H15NO. The van der Waals surface area contributed by atoms with E-state index >= 15 is 0 Å². The molecule has 1 heterocycles. The molecule has 0 aliphatic carbocycles. The summed E-state index contributed by atoms with van der Waals surface area (Å²) in [5, 5.41) is 8.56. The van der Waals surface area contributed by atoms with E-state index in [4.69, 9.17) is 5.11 Å². The van der Waals surface area contributed by atoms with Crippen LogP contribution in [0.1, 0.15) is 11.1 Å². The summed E-state index contributed by atoms with van der Waals surface area (Å²) in [6.07, 6.45) is 1.11. The van der Waals surface area contributed by atoms with E-state index in [2.05, 4.69) is 41.0 Å². The number of aliphatic hydroxyl groups excluding tert-OH is 1. The first-order valence-electron chi connectivity index (χ1n) is 5.26. The Morgan fingerprint density at radius 3 is 2.80 bits per heavy atom. The van der Waals surface area contributed by atoms with Crippen LogP contribution in [0.3, 0.4) is 0 Å². The van der Waals surface area contributed by atoms with Gasteiger partial charge in [-0.25, -0.2) is 0 Å². The second kappa shape index (κ2) is 4.97. The Labute approximate surface area is 90.5 Å². The molecular weight excluding hydrogens is 186 g/mol. The normalized spacial score (nSPS) is 15.3. The number of hydrogen-bond donors (Lipinski definition) is 1. The van der Waals surface area contributed by atoms with E-state index < -0.39 is 0 Å². The number of rotatable bonds is 1. The molecule has 78 valence electrons. The quantitative estimate of drug-likeness (QED) is 0.686. The van der Waals surface area contributed by atoms with Gasteiger partial charge in [0.2, 0.25) is 0 Å². The van der Waals surface area contributed by atoms with Gasteiger partial charge in [0.1, 0.15) is 6.61 Å². The first-order chi connectivity index (χ1) is 7.40. The van der Waals surface area contributed by atoms with Gasteiger partial charge in [-0.05, 0) is 17.5 Å². The lowest BCUT2D eigenvalue weighted by molar-refractivity contribution is 0.285. The van der Waals surface area contributed by atoms with Crippen LogP contribution in [-0.2, 0) is 13.0 Å². The van der Waals surface area contributed by atoms with Crippen LogP contribution in [0.15, 0.2) is 24.3 Å². The van der Waals surface area contributed by atoms with Crippen LogP contribution in [0.5, 0.6) is 0 Å². The SMILES string of the molecule is OCC#CCN1CCc2ccccc2C1. The summed E-state index contributed by atoms with van der Waals surface area (Å²) in [6, 6.07) is 8.56. The molecule has 1 aliphatic heterocycles. The molecule has 0 atom stereocenters. The number of fused-ring (bicyclic) bond motifs is 1. The van der Waals surface area contributed by atoms with Gasteiger partial charge < -0.3 is 5.11 Å². The zero-order valence-electron chi connectivity index (χ0n) is 8.74. The van der Waals surface area contributed by atoms with Gasteiger partial charge in [-0.3, -0.25) is 4.90 Å².